The van der Waals surface area contributed by atoms with E-state index in [9.17, 15) is 18.4 Å². The Bertz CT molecular complexity index is 728. The van der Waals surface area contributed by atoms with Gasteiger partial charge in [-0.2, -0.15) is 0 Å². The minimum absolute atomic E-state index is 0.0608. The van der Waals surface area contributed by atoms with Crippen LogP contribution in [0.15, 0.2) is 35.1 Å². The van der Waals surface area contributed by atoms with Crippen LogP contribution >= 0.6 is 0 Å². The van der Waals surface area contributed by atoms with E-state index < -0.39 is 17.5 Å². The maximum Gasteiger partial charge on any atom is 0.244 e. The second kappa shape index (κ2) is 5.87. The summed E-state index contributed by atoms with van der Waals surface area (Å²) in [5, 5.41) is 2.38. The molecular weight excluding hydrogens is 278 g/mol. The molecule has 0 spiro atoms. The van der Waals surface area contributed by atoms with Crippen LogP contribution in [0.3, 0.4) is 0 Å². The van der Waals surface area contributed by atoms with Crippen LogP contribution < -0.4 is 10.7 Å². The fraction of sp³-hybridized carbons (Fsp3) is 0.200. The van der Waals surface area contributed by atoms with Crippen molar-refractivity contribution in [2.24, 2.45) is 0 Å². The van der Waals surface area contributed by atoms with Crippen molar-refractivity contribution >= 4 is 11.6 Å². The van der Waals surface area contributed by atoms with E-state index in [1.165, 1.54) is 12.1 Å². The standard InChI is InChI=1S/C15H14F2N2O2/c1-9-5-12(20)6-10(2)19(9)8-15(21)18-14-4-3-11(16)7-13(14)17/h3-7H,8H2,1-2H3,(H,18,21). The Labute approximate surface area is 120 Å². The largest absolute Gasteiger partial charge is 0.340 e. The smallest absolute Gasteiger partial charge is 0.244 e. The number of anilines is 1. The average Bonchev–Trinajstić information content (AvgIpc) is 2.37. The van der Waals surface area contributed by atoms with Crippen LogP contribution in [-0.4, -0.2) is 10.5 Å². The third-order valence-corrected chi connectivity index (χ3v) is 3.06. The van der Waals surface area contributed by atoms with E-state index in [0.717, 1.165) is 12.1 Å². The minimum Gasteiger partial charge on any atom is -0.340 e. The molecule has 1 amide bonds. The van der Waals surface area contributed by atoms with E-state index in [4.69, 9.17) is 0 Å². The van der Waals surface area contributed by atoms with Crippen molar-refractivity contribution in [3.8, 4) is 0 Å². The molecule has 2 rings (SSSR count). The van der Waals surface area contributed by atoms with Crippen molar-refractivity contribution in [2.75, 3.05) is 5.32 Å². The zero-order valence-electron chi connectivity index (χ0n) is 11.6. The number of carbonyl (C=O) groups is 1. The molecule has 2 aromatic rings. The highest BCUT2D eigenvalue weighted by Gasteiger charge is 2.10. The number of nitrogens with zero attached hydrogens (tertiary/aromatic N) is 1. The van der Waals surface area contributed by atoms with E-state index in [1.807, 2.05) is 0 Å². The van der Waals surface area contributed by atoms with Crippen LogP contribution in [0.2, 0.25) is 0 Å². The fourth-order valence-corrected chi connectivity index (χ4v) is 2.06. The molecule has 0 unspecified atom stereocenters. The maximum atomic E-state index is 13.5. The first kappa shape index (κ1) is 14.9. The van der Waals surface area contributed by atoms with Gasteiger partial charge >= 0.3 is 0 Å². The van der Waals surface area contributed by atoms with Crippen molar-refractivity contribution in [1.29, 1.82) is 0 Å². The van der Waals surface area contributed by atoms with Crippen LogP contribution in [0, 0.1) is 25.5 Å². The molecule has 0 aliphatic heterocycles. The predicted octanol–water partition coefficient (Wildman–Crippen LogP) is 2.38. The van der Waals surface area contributed by atoms with E-state index >= 15 is 0 Å². The zero-order chi connectivity index (χ0) is 15.6. The number of pyridine rings is 1. The quantitative estimate of drug-likeness (QED) is 0.944. The van der Waals surface area contributed by atoms with E-state index in [1.54, 1.807) is 18.4 Å². The number of halogens is 2. The molecule has 1 aromatic carbocycles. The summed E-state index contributed by atoms with van der Waals surface area (Å²) in [7, 11) is 0. The SMILES string of the molecule is Cc1cc(=O)cc(C)n1CC(=O)Nc1ccc(F)cc1F. The van der Waals surface area contributed by atoms with E-state index in [2.05, 4.69) is 5.32 Å². The van der Waals surface area contributed by atoms with E-state index in [-0.39, 0.29) is 17.7 Å². The van der Waals surface area contributed by atoms with Gasteiger partial charge in [0.05, 0.1) is 5.69 Å². The fourth-order valence-electron chi connectivity index (χ4n) is 2.06. The molecule has 0 fully saturated rings. The van der Waals surface area contributed by atoms with Gasteiger partial charge in [-0.15, -0.1) is 0 Å². The van der Waals surface area contributed by atoms with Gasteiger partial charge in [-0.3, -0.25) is 9.59 Å². The average molecular weight is 292 g/mol. The molecule has 1 heterocycles. The third kappa shape index (κ3) is 3.53. The first-order chi connectivity index (χ1) is 9.86. The first-order valence-electron chi connectivity index (χ1n) is 6.30. The lowest BCUT2D eigenvalue weighted by atomic mass is 10.2. The summed E-state index contributed by atoms with van der Waals surface area (Å²) in [6, 6.07) is 5.76. The summed E-state index contributed by atoms with van der Waals surface area (Å²) in [4.78, 5) is 23.3. The molecule has 6 heteroatoms. The Hall–Kier alpha value is -2.50. The van der Waals surface area contributed by atoms with Crippen LogP contribution in [0.1, 0.15) is 11.4 Å². The second-order valence-corrected chi connectivity index (χ2v) is 4.73. The Balaban J connectivity index is 2.17. The summed E-state index contributed by atoms with van der Waals surface area (Å²) in [5.74, 6) is -2.01. The summed E-state index contributed by atoms with van der Waals surface area (Å²) >= 11 is 0. The number of rotatable bonds is 3. The molecule has 1 N–H and O–H groups in total. The van der Waals surface area contributed by atoms with Gasteiger partial charge in [0, 0.05) is 29.6 Å². The Kier molecular flexibility index (Phi) is 4.16. The number of aromatic nitrogens is 1. The normalized spacial score (nSPS) is 10.5. The monoisotopic (exact) mass is 292 g/mol. The lowest BCUT2D eigenvalue weighted by Gasteiger charge is -2.14. The van der Waals surface area contributed by atoms with Crippen molar-refractivity contribution < 1.29 is 13.6 Å². The molecule has 0 bridgehead atoms. The van der Waals surface area contributed by atoms with Gasteiger partial charge < -0.3 is 9.88 Å². The van der Waals surface area contributed by atoms with Crippen LogP contribution in [0.4, 0.5) is 14.5 Å². The van der Waals surface area contributed by atoms with Gasteiger partial charge in [0.1, 0.15) is 18.2 Å². The van der Waals surface area contributed by atoms with Gasteiger partial charge in [-0.25, -0.2) is 8.78 Å². The highest BCUT2D eigenvalue weighted by Crippen LogP contribution is 2.15. The van der Waals surface area contributed by atoms with Gasteiger partial charge in [-0.05, 0) is 26.0 Å². The summed E-state index contributed by atoms with van der Waals surface area (Å²) < 4.78 is 27.9. The number of benzene rings is 1. The topological polar surface area (TPSA) is 51.1 Å². The number of nitrogens with one attached hydrogen (secondary N) is 1. The van der Waals surface area contributed by atoms with Gasteiger partial charge in [0.25, 0.3) is 0 Å². The number of hydrogen-bond acceptors (Lipinski definition) is 2. The minimum atomic E-state index is -0.836. The maximum absolute atomic E-state index is 13.5. The third-order valence-electron chi connectivity index (χ3n) is 3.06. The molecule has 0 saturated carbocycles. The Morgan fingerprint density at radius 3 is 2.33 bits per heavy atom. The summed E-state index contributed by atoms with van der Waals surface area (Å²) in [6.45, 7) is 3.36. The molecule has 0 aliphatic rings. The van der Waals surface area contributed by atoms with Gasteiger partial charge in [-0.1, -0.05) is 0 Å². The molecule has 21 heavy (non-hydrogen) atoms. The molecule has 110 valence electrons. The van der Waals surface area contributed by atoms with Crippen LogP contribution in [-0.2, 0) is 11.3 Å². The Morgan fingerprint density at radius 1 is 1.14 bits per heavy atom. The van der Waals surface area contributed by atoms with Crippen molar-refractivity contribution in [1.82, 2.24) is 4.57 Å². The van der Waals surface area contributed by atoms with E-state index in [0.29, 0.717) is 17.5 Å². The molecule has 1 aromatic heterocycles. The van der Waals surface area contributed by atoms with Crippen molar-refractivity contribution in [3.05, 3.63) is 63.6 Å². The second-order valence-electron chi connectivity index (χ2n) is 4.73. The molecule has 0 saturated heterocycles. The lowest BCUT2D eigenvalue weighted by Crippen LogP contribution is -2.23. The van der Waals surface area contributed by atoms with Gasteiger partial charge in [0.15, 0.2) is 5.43 Å². The first-order valence-corrected chi connectivity index (χ1v) is 6.30. The number of hydrogen-bond donors (Lipinski definition) is 1. The number of amides is 1. The number of aryl methyl sites for hydroxylation is 2. The highest BCUT2D eigenvalue weighted by molar-refractivity contribution is 5.90. The van der Waals surface area contributed by atoms with Crippen molar-refractivity contribution in [2.45, 2.75) is 20.4 Å². The number of carbonyl (C=O) groups excluding carboxylic acids is 1. The highest BCUT2D eigenvalue weighted by atomic mass is 19.1. The molecular formula is C15H14F2N2O2. The summed E-state index contributed by atoms with van der Waals surface area (Å²) in [5.41, 5.74) is 1.05. The predicted molar refractivity (Wildman–Crippen MR) is 75.2 cm³/mol. The zero-order valence-corrected chi connectivity index (χ0v) is 11.6. The summed E-state index contributed by atoms with van der Waals surface area (Å²) in [6.07, 6.45) is 0. The van der Waals surface area contributed by atoms with Crippen molar-refractivity contribution in [3.63, 3.8) is 0 Å². The molecule has 0 atom stereocenters. The van der Waals surface area contributed by atoms with Crippen LogP contribution in [0.25, 0.3) is 0 Å². The molecule has 0 radical (unpaired) electrons. The Morgan fingerprint density at radius 2 is 1.76 bits per heavy atom. The lowest BCUT2D eigenvalue weighted by molar-refractivity contribution is -0.116. The molecule has 0 aliphatic carbocycles. The van der Waals surface area contributed by atoms with Crippen LogP contribution in [0.5, 0.6) is 0 Å². The van der Waals surface area contributed by atoms with Gasteiger partial charge in [0.2, 0.25) is 5.91 Å². The molecule has 4 nitrogen and oxygen atoms in total.